The van der Waals surface area contributed by atoms with E-state index in [0.717, 1.165) is 16.9 Å². The van der Waals surface area contributed by atoms with Gasteiger partial charge in [-0.2, -0.15) is 0 Å². The van der Waals surface area contributed by atoms with Gasteiger partial charge in [0.1, 0.15) is 11.4 Å². The maximum absolute atomic E-state index is 10.8. The fourth-order valence-corrected chi connectivity index (χ4v) is 2.13. The minimum atomic E-state index is -0.995. The van der Waals surface area contributed by atoms with Crippen LogP contribution < -0.4 is 4.74 Å². The average molecular weight is 256 g/mol. The second kappa shape index (κ2) is 5.06. The van der Waals surface area contributed by atoms with E-state index in [0.29, 0.717) is 0 Å². The van der Waals surface area contributed by atoms with Crippen LogP contribution in [0.25, 0.3) is 0 Å². The van der Waals surface area contributed by atoms with E-state index in [1.807, 2.05) is 49.4 Å². The molecular weight excluding hydrogens is 236 g/mol. The van der Waals surface area contributed by atoms with Gasteiger partial charge in [0.2, 0.25) is 0 Å². The van der Waals surface area contributed by atoms with E-state index in [1.54, 1.807) is 7.11 Å². The Bertz CT molecular complexity index is 568. The van der Waals surface area contributed by atoms with Crippen molar-refractivity contribution < 1.29 is 9.84 Å². The summed E-state index contributed by atoms with van der Waals surface area (Å²) in [5.41, 5.74) is 3.18. The lowest BCUT2D eigenvalue weighted by Gasteiger charge is -2.25. The van der Waals surface area contributed by atoms with E-state index < -0.39 is 5.60 Å². The molecule has 0 aliphatic heterocycles. The van der Waals surface area contributed by atoms with E-state index in [9.17, 15) is 5.11 Å². The molecule has 0 aromatic heterocycles. The molecule has 2 aromatic carbocycles. The summed E-state index contributed by atoms with van der Waals surface area (Å²) in [5.74, 6) is 0.791. The lowest BCUT2D eigenvalue weighted by atomic mass is 9.87. The van der Waals surface area contributed by atoms with Crippen molar-refractivity contribution in [3.05, 3.63) is 64.7 Å². The largest absolute Gasteiger partial charge is 0.497 e. The van der Waals surface area contributed by atoms with Crippen LogP contribution >= 0.6 is 0 Å². The van der Waals surface area contributed by atoms with Crippen molar-refractivity contribution in [2.75, 3.05) is 7.11 Å². The molecule has 0 radical (unpaired) electrons. The highest BCUT2D eigenvalue weighted by molar-refractivity contribution is 5.41. The van der Waals surface area contributed by atoms with Crippen molar-refractivity contribution in [1.82, 2.24) is 0 Å². The molecule has 0 saturated carbocycles. The van der Waals surface area contributed by atoms with Crippen molar-refractivity contribution in [2.24, 2.45) is 0 Å². The first-order valence-electron chi connectivity index (χ1n) is 6.40. The summed E-state index contributed by atoms with van der Waals surface area (Å²) in [5, 5.41) is 10.8. The molecule has 2 heteroatoms. The summed E-state index contributed by atoms with van der Waals surface area (Å²) in [6.07, 6.45) is 0. The lowest BCUT2D eigenvalue weighted by molar-refractivity contribution is 0.102. The minimum Gasteiger partial charge on any atom is -0.497 e. The van der Waals surface area contributed by atoms with Gasteiger partial charge in [-0.1, -0.05) is 30.3 Å². The van der Waals surface area contributed by atoms with E-state index in [1.165, 1.54) is 11.1 Å². The standard InChI is InChI=1S/C17H20O2/c1-12-5-6-15(11-13(12)2)17(3,18)14-7-9-16(19-4)10-8-14/h5-11,18H,1-4H3. The molecule has 0 spiro atoms. The van der Waals surface area contributed by atoms with Crippen molar-refractivity contribution in [2.45, 2.75) is 26.4 Å². The van der Waals surface area contributed by atoms with Crippen LogP contribution in [0.1, 0.15) is 29.2 Å². The fourth-order valence-electron chi connectivity index (χ4n) is 2.13. The number of hydrogen-bond donors (Lipinski definition) is 1. The van der Waals surface area contributed by atoms with E-state index >= 15 is 0 Å². The number of benzene rings is 2. The monoisotopic (exact) mass is 256 g/mol. The summed E-state index contributed by atoms with van der Waals surface area (Å²) in [6, 6.07) is 13.6. The van der Waals surface area contributed by atoms with E-state index in [4.69, 9.17) is 4.74 Å². The molecule has 0 aliphatic rings. The van der Waals surface area contributed by atoms with Gasteiger partial charge in [0, 0.05) is 0 Å². The molecule has 1 unspecified atom stereocenters. The molecule has 0 aliphatic carbocycles. The molecule has 2 nitrogen and oxygen atoms in total. The lowest BCUT2D eigenvalue weighted by Crippen LogP contribution is -2.22. The van der Waals surface area contributed by atoms with Crippen LogP contribution in [0, 0.1) is 13.8 Å². The van der Waals surface area contributed by atoms with Crippen molar-refractivity contribution in [3.8, 4) is 5.75 Å². The molecule has 2 rings (SSSR count). The van der Waals surface area contributed by atoms with Crippen molar-refractivity contribution in [1.29, 1.82) is 0 Å². The predicted octanol–water partition coefficient (Wildman–Crippen LogP) is 3.57. The van der Waals surface area contributed by atoms with Gasteiger partial charge in [-0.05, 0) is 55.2 Å². The van der Waals surface area contributed by atoms with Gasteiger partial charge >= 0.3 is 0 Å². The van der Waals surface area contributed by atoms with Crippen LogP contribution in [0.4, 0.5) is 0 Å². The second-order valence-corrected chi connectivity index (χ2v) is 5.10. The molecule has 0 fully saturated rings. The molecule has 2 aromatic rings. The Kier molecular flexibility index (Phi) is 3.63. The zero-order valence-electron chi connectivity index (χ0n) is 11.9. The minimum absolute atomic E-state index is 0.791. The summed E-state index contributed by atoms with van der Waals surface area (Å²) in [7, 11) is 1.64. The molecular formula is C17H20O2. The quantitative estimate of drug-likeness (QED) is 0.909. The Morgan fingerprint density at radius 2 is 1.47 bits per heavy atom. The normalized spacial score (nSPS) is 13.9. The van der Waals surface area contributed by atoms with Gasteiger partial charge in [0.15, 0.2) is 0 Å². The van der Waals surface area contributed by atoms with Crippen LogP contribution in [-0.2, 0) is 5.60 Å². The summed E-state index contributed by atoms with van der Waals surface area (Å²) in [4.78, 5) is 0. The van der Waals surface area contributed by atoms with Gasteiger partial charge in [-0.3, -0.25) is 0 Å². The third-order valence-electron chi connectivity index (χ3n) is 3.72. The highest BCUT2D eigenvalue weighted by atomic mass is 16.5. The van der Waals surface area contributed by atoms with Gasteiger partial charge in [0.25, 0.3) is 0 Å². The Labute approximate surface area is 114 Å². The van der Waals surface area contributed by atoms with Crippen LogP contribution in [0.15, 0.2) is 42.5 Å². The van der Waals surface area contributed by atoms with Gasteiger partial charge in [-0.25, -0.2) is 0 Å². The highest BCUT2D eigenvalue weighted by Crippen LogP contribution is 2.31. The van der Waals surface area contributed by atoms with Crippen molar-refractivity contribution >= 4 is 0 Å². The predicted molar refractivity (Wildman–Crippen MR) is 77.6 cm³/mol. The molecule has 0 saturated heterocycles. The zero-order valence-corrected chi connectivity index (χ0v) is 11.9. The molecule has 1 atom stereocenters. The number of hydrogen-bond acceptors (Lipinski definition) is 2. The second-order valence-electron chi connectivity index (χ2n) is 5.10. The number of ether oxygens (including phenoxy) is 1. The average Bonchev–Trinajstić information content (AvgIpc) is 2.41. The van der Waals surface area contributed by atoms with E-state index in [-0.39, 0.29) is 0 Å². The van der Waals surface area contributed by atoms with Gasteiger partial charge in [0.05, 0.1) is 7.11 Å². The molecule has 0 amide bonds. The Hall–Kier alpha value is -1.80. The Morgan fingerprint density at radius 1 is 0.895 bits per heavy atom. The van der Waals surface area contributed by atoms with Crippen molar-refractivity contribution in [3.63, 3.8) is 0 Å². The third kappa shape index (κ3) is 2.64. The van der Waals surface area contributed by atoms with Gasteiger partial charge in [-0.15, -0.1) is 0 Å². The summed E-state index contributed by atoms with van der Waals surface area (Å²) >= 11 is 0. The van der Waals surface area contributed by atoms with E-state index in [2.05, 4.69) is 13.8 Å². The smallest absolute Gasteiger partial charge is 0.118 e. The maximum Gasteiger partial charge on any atom is 0.118 e. The fraction of sp³-hybridized carbons (Fsp3) is 0.294. The first kappa shape index (κ1) is 13.6. The number of methoxy groups -OCH3 is 1. The van der Waals surface area contributed by atoms with Gasteiger partial charge < -0.3 is 9.84 Å². The van der Waals surface area contributed by atoms with Crippen LogP contribution in [0.5, 0.6) is 5.75 Å². The first-order chi connectivity index (χ1) is 8.95. The van der Waals surface area contributed by atoms with Crippen LogP contribution in [0.2, 0.25) is 0 Å². The molecule has 0 bridgehead atoms. The number of aryl methyl sites for hydroxylation is 2. The SMILES string of the molecule is COc1ccc(C(C)(O)c2ccc(C)c(C)c2)cc1. The number of rotatable bonds is 3. The third-order valence-corrected chi connectivity index (χ3v) is 3.72. The molecule has 100 valence electrons. The van der Waals surface area contributed by atoms with Crippen LogP contribution in [0.3, 0.4) is 0 Å². The topological polar surface area (TPSA) is 29.5 Å². The molecule has 1 N–H and O–H groups in total. The summed E-state index contributed by atoms with van der Waals surface area (Å²) in [6.45, 7) is 5.95. The molecule has 19 heavy (non-hydrogen) atoms. The number of aliphatic hydroxyl groups is 1. The highest BCUT2D eigenvalue weighted by Gasteiger charge is 2.25. The Balaban J connectivity index is 2.41. The van der Waals surface area contributed by atoms with Crippen LogP contribution in [-0.4, -0.2) is 12.2 Å². The maximum atomic E-state index is 10.8. The first-order valence-corrected chi connectivity index (χ1v) is 6.40. The Morgan fingerprint density at radius 3 is 2.00 bits per heavy atom. The zero-order chi connectivity index (χ0) is 14.0. The summed E-state index contributed by atoms with van der Waals surface area (Å²) < 4.78 is 5.14. The molecule has 0 heterocycles.